The van der Waals surface area contributed by atoms with Gasteiger partial charge >= 0.3 is 11.9 Å². The third-order valence-electron chi connectivity index (χ3n) is 1.92. The molecule has 0 aliphatic heterocycles. The predicted molar refractivity (Wildman–Crippen MR) is 46.5 cm³/mol. The molecule has 0 aromatic carbocycles. The number of aliphatic carboxylic acids is 2. The van der Waals surface area contributed by atoms with Gasteiger partial charge in [0.2, 0.25) is 0 Å². The Labute approximate surface area is 80.3 Å². The first kappa shape index (κ1) is 12.8. The van der Waals surface area contributed by atoms with Crippen LogP contribution in [-0.4, -0.2) is 45.4 Å². The highest BCUT2D eigenvalue weighted by Crippen LogP contribution is 2.12. The topological polar surface area (TPSA) is 147 Å². The minimum absolute atomic E-state index is 0.144. The van der Waals surface area contributed by atoms with E-state index in [2.05, 4.69) is 0 Å². The molecule has 0 spiro atoms. The Morgan fingerprint density at radius 2 is 1.86 bits per heavy atom. The van der Waals surface area contributed by atoms with Crippen molar-refractivity contribution in [3.05, 3.63) is 0 Å². The largest absolute Gasteiger partial charge is 0.480 e. The van der Waals surface area contributed by atoms with Crippen LogP contribution in [0.2, 0.25) is 0 Å². The summed E-state index contributed by atoms with van der Waals surface area (Å²) >= 11 is 0. The van der Waals surface area contributed by atoms with E-state index in [0.29, 0.717) is 0 Å². The molecule has 7 nitrogen and oxygen atoms in total. The Morgan fingerprint density at radius 3 is 2.14 bits per heavy atom. The van der Waals surface area contributed by atoms with Crippen molar-refractivity contribution >= 4 is 11.9 Å². The summed E-state index contributed by atoms with van der Waals surface area (Å²) in [5, 5.41) is 26.3. The van der Waals surface area contributed by atoms with Gasteiger partial charge in [0.1, 0.15) is 6.04 Å². The van der Waals surface area contributed by atoms with Gasteiger partial charge in [0.05, 0.1) is 0 Å². The number of hydrogen-bond acceptors (Lipinski definition) is 5. The molecule has 0 heterocycles. The van der Waals surface area contributed by atoms with E-state index >= 15 is 0 Å². The van der Waals surface area contributed by atoms with Crippen LogP contribution < -0.4 is 11.5 Å². The number of aliphatic hydroxyl groups is 1. The second-order valence-corrected chi connectivity index (χ2v) is 3.02. The van der Waals surface area contributed by atoms with Gasteiger partial charge < -0.3 is 26.8 Å². The number of rotatable bonds is 6. The van der Waals surface area contributed by atoms with Crippen LogP contribution in [-0.2, 0) is 9.59 Å². The maximum Gasteiger partial charge on any atom is 0.337 e. The van der Waals surface area contributed by atoms with Gasteiger partial charge in [-0.2, -0.15) is 0 Å². The number of carbonyl (C=O) groups is 2. The second kappa shape index (κ2) is 4.89. The van der Waals surface area contributed by atoms with E-state index in [-0.39, 0.29) is 12.8 Å². The zero-order valence-corrected chi connectivity index (χ0v) is 7.51. The summed E-state index contributed by atoms with van der Waals surface area (Å²) in [6.45, 7) is -0.478. The van der Waals surface area contributed by atoms with Crippen molar-refractivity contribution in [3.8, 4) is 0 Å². The van der Waals surface area contributed by atoms with Gasteiger partial charge in [-0.3, -0.25) is 4.79 Å². The Bertz CT molecular complexity index is 232. The second-order valence-electron chi connectivity index (χ2n) is 3.02. The Morgan fingerprint density at radius 1 is 1.36 bits per heavy atom. The summed E-state index contributed by atoms with van der Waals surface area (Å²) in [5.74, 6) is -2.72. The molecule has 0 aliphatic carbocycles. The first-order chi connectivity index (χ1) is 6.33. The third-order valence-corrected chi connectivity index (χ3v) is 1.92. The first-order valence-electron chi connectivity index (χ1n) is 3.97. The van der Waals surface area contributed by atoms with Gasteiger partial charge in [-0.05, 0) is 12.8 Å². The summed E-state index contributed by atoms with van der Waals surface area (Å²) in [6.07, 6.45) is -0.429. The zero-order chi connectivity index (χ0) is 11.4. The number of carboxylic acids is 2. The summed E-state index contributed by atoms with van der Waals surface area (Å²) in [5.41, 5.74) is 8.10. The quantitative estimate of drug-likeness (QED) is 0.336. The number of hydrogen-bond donors (Lipinski definition) is 5. The van der Waals surface area contributed by atoms with E-state index in [1.54, 1.807) is 0 Å². The van der Waals surface area contributed by atoms with Crippen LogP contribution in [0.15, 0.2) is 0 Å². The lowest BCUT2D eigenvalue weighted by Gasteiger charge is -2.21. The van der Waals surface area contributed by atoms with Crippen LogP contribution in [0.1, 0.15) is 12.8 Å². The van der Waals surface area contributed by atoms with Crippen LogP contribution in [0.25, 0.3) is 0 Å². The smallest absolute Gasteiger partial charge is 0.337 e. The van der Waals surface area contributed by atoms with Crippen molar-refractivity contribution in [3.63, 3.8) is 0 Å². The molecule has 0 saturated heterocycles. The molecular formula is C7H14N2O5. The summed E-state index contributed by atoms with van der Waals surface area (Å²) < 4.78 is 0. The Balaban J connectivity index is 4.21. The minimum atomic E-state index is -2.09. The van der Waals surface area contributed by atoms with Crippen molar-refractivity contribution in [1.82, 2.24) is 0 Å². The molecule has 7 heteroatoms. The molecule has 14 heavy (non-hydrogen) atoms. The summed E-state index contributed by atoms with van der Waals surface area (Å²) in [6, 6.07) is -1.19. The van der Waals surface area contributed by atoms with Crippen molar-refractivity contribution in [2.75, 3.05) is 6.54 Å². The average molecular weight is 206 g/mol. The highest BCUT2D eigenvalue weighted by Gasteiger charge is 2.35. The van der Waals surface area contributed by atoms with Gasteiger partial charge in [0, 0.05) is 6.54 Å². The molecule has 2 atom stereocenters. The van der Waals surface area contributed by atoms with Crippen molar-refractivity contribution in [2.45, 2.75) is 24.5 Å². The zero-order valence-electron chi connectivity index (χ0n) is 7.51. The fourth-order valence-electron chi connectivity index (χ4n) is 0.814. The van der Waals surface area contributed by atoms with Gasteiger partial charge in [-0.1, -0.05) is 0 Å². The van der Waals surface area contributed by atoms with E-state index in [0.717, 1.165) is 0 Å². The van der Waals surface area contributed by atoms with Crippen LogP contribution in [0.3, 0.4) is 0 Å². The van der Waals surface area contributed by atoms with Crippen molar-refractivity contribution < 1.29 is 24.9 Å². The monoisotopic (exact) mass is 206 g/mol. The molecule has 82 valence electrons. The molecule has 0 radical (unpaired) electrons. The number of nitrogens with two attached hydrogens (primary N) is 2. The SMILES string of the molecule is NC[C@](O)(CC[C@H](N)C(=O)O)C(=O)O. The first-order valence-corrected chi connectivity index (χ1v) is 3.97. The van der Waals surface area contributed by atoms with E-state index < -0.39 is 30.1 Å². The van der Waals surface area contributed by atoms with Gasteiger partial charge in [0.25, 0.3) is 0 Å². The van der Waals surface area contributed by atoms with Gasteiger partial charge in [0.15, 0.2) is 5.60 Å². The fourth-order valence-corrected chi connectivity index (χ4v) is 0.814. The van der Waals surface area contributed by atoms with Crippen LogP contribution in [0.4, 0.5) is 0 Å². The lowest BCUT2D eigenvalue weighted by atomic mass is 9.95. The summed E-state index contributed by atoms with van der Waals surface area (Å²) in [7, 11) is 0. The Kier molecular flexibility index (Phi) is 4.48. The maximum atomic E-state index is 10.5. The normalized spacial score (nSPS) is 17.1. The third kappa shape index (κ3) is 3.29. The molecule has 0 bridgehead atoms. The van der Waals surface area contributed by atoms with E-state index in [4.69, 9.17) is 21.7 Å². The molecular weight excluding hydrogens is 192 g/mol. The Hall–Kier alpha value is -1.18. The lowest BCUT2D eigenvalue weighted by molar-refractivity contribution is -0.158. The van der Waals surface area contributed by atoms with Gasteiger partial charge in [-0.15, -0.1) is 0 Å². The van der Waals surface area contributed by atoms with Crippen molar-refractivity contribution in [2.24, 2.45) is 11.5 Å². The molecule has 7 N–H and O–H groups in total. The molecule has 0 aromatic heterocycles. The van der Waals surface area contributed by atoms with E-state index in [1.165, 1.54) is 0 Å². The highest BCUT2D eigenvalue weighted by atomic mass is 16.4. The van der Waals surface area contributed by atoms with Gasteiger partial charge in [-0.25, -0.2) is 4.79 Å². The van der Waals surface area contributed by atoms with Crippen molar-refractivity contribution in [1.29, 1.82) is 0 Å². The number of carboxylic acid groups (broad SMARTS) is 2. The molecule has 0 fully saturated rings. The minimum Gasteiger partial charge on any atom is -0.480 e. The molecule has 0 amide bonds. The maximum absolute atomic E-state index is 10.5. The molecule has 0 unspecified atom stereocenters. The average Bonchev–Trinajstić information content (AvgIpc) is 2.12. The van der Waals surface area contributed by atoms with E-state index in [9.17, 15) is 14.7 Å². The van der Waals surface area contributed by atoms with Crippen LogP contribution in [0, 0.1) is 0 Å². The fraction of sp³-hybridized carbons (Fsp3) is 0.714. The van der Waals surface area contributed by atoms with Crippen LogP contribution in [0.5, 0.6) is 0 Å². The summed E-state index contributed by atoms with van der Waals surface area (Å²) in [4.78, 5) is 20.8. The molecule has 0 saturated carbocycles. The predicted octanol–water partition coefficient (Wildman–Crippen LogP) is -2.05. The standard InChI is InChI=1S/C7H14N2O5/c8-3-7(14,6(12)13)2-1-4(9)5(10)11/h4,14H,1-3,8-9H2,(H,10,11)(H,12,13)/t4-,7+/m0/s1. The highest BCUT2D eigenvalue weighted by molar-refractivity contribution is 5.78. The molecule has 0 rings (SSSR count). The van der Waals surface area contributed by atoms with Crippen LogP contribution >= 0.6 is 0 Å². The molecule has 0 aliphatic rings. The van der Waals surface area contributed by atoms with E-state index in [1.807, 2.05) is 0 Å². The lowest BCUT2D eigenvalue weighted by Crippen LogP contribution is -2.47. The molecule has 0 aromatic rings.